The largest absolute Gasteiger partial charge is 0.338 e. The SMILES string of the molecule is CCCCc1noc(C(C)Sc2ccc(S(=O)(=O)N3CCCC3)cn2)n1. The molecule has 3 heterocycles. The highest BCUT2D eigenvalue weighted by atomic mass is 32.2. The lowest BCUT2D eigenvalue weighted by Gasteiger charge is -2.15. The normalized spacial score (nSPS) is 16.8. The van der Waals surface area contributed by atoms with Gasteiger partial charge in [0.15, 0.2) is 5.82 Å². The molecule has 1 saturated heterocycles. The summed E-state index contributed by atoms with van der Waals surface area (Å²) >= 11 is 1.47. The summed E-state index contributed by atoms with van der Waals surface area (Å²) in [5.41, 5.74) is 0. The third-order valence-electron chi connectivity index (χ3n) is 4.30. The molecule has 2 aromatic heterocycles. The summed E-state index contributed by atoms with van der Waals surface area (Å²) < 4.78 is 31.9. The number of aryl methyl sites for hydroxylation is 1. The topological polar surface area (TPSA) is 89.2 Å². The van der Waals surface area contributed by atoms with Crippen molar-refractivity contribution in [3.05, 3.63) is 30.0 Å². The van der Waals surface area contributed by atoms with Crippen molar-refractivity contribution >= 4 is 21.8 Å². The Balaban J connectivity index is 1.64. The van der Waals surface area contributed by atoms with E-state index in [9.17, 15) is 8.42 Å². The van der Waals surface area contributed by atoms with Gasteiger partial charge in [-0.1, -0.05) is 30.3 Å². The fourth-order valence-electron chi connectivity index (χ4n) is 2.77. The van der Waals surface area contributed by atoms with E-state index in [4.69, 9.17) is 4.52 Å². The smallest absolute Gasteiger partial charge is 0.244 e. The number of hydrogen-bond acceptors (Lipinski definition) is 7. The van der Waals surface area contributed by atoms with Gasteiger partial charge in [0.05, 0.1) is 10.3 Å². The molecule has 1 aliphatic rings. The standard InChI is InChI=1S/C17H24N4O3S2/c1-3-4-7-15-19-17(24-20-15)13(2)25-16-9-8-14(12-18-16)26(22,23)21-10-5-6-11-21/h8-9,12-13H,3-7,10-11H2,1-2H3. The van der Waals surface area contributed by atoms with Crippen LogP contribution in [0, 0.1) is 0 Å². The number of hydrogen-bond donors (Lipinski definition) is 0. The summed E-state index contributed by atoms with van der Waals surface area (Å²) in [6, 6.07) is 3.36. The van der Waals surface area contributed by atoms with Gasteiger partial charge in [-0.15, -0.1) is 0 Å². The van der Waals surface area contributed by atoms with Crippen molar-refractivity contribution in [1.82, 2.24) is 19.4 Å². The number of nitrogens with zero attached hydrogens (tertiary/aromatic N) is 4. The Morgan fingerprint density at radius 1 is 1.31 bits per heavy atom. The molecule has 1 aliphatic heterocycles. The van der Waals surface area contributed by atoms with Crippen LogP contribution in [0.1, 0.15) is 56.5 Å². The van der Waals surface area contributed by atoms with Crippen LogP contribution in [-0.4, -0.2) is 40.9 Å². The lowest BCUT2D eigenvalue weighted by molar-refractivity contribution is 0.374. The zero-order valence-corrected chi connectivity index (χ0v) is 16.7. The van der Waals surface area contributed by atoms with Gasteiger partial charge in [-0.25, -0.2) is 13.4 Å². The molecule has 0 saturated carbocycles. The van der Waals surface area contributed by atoms with E-state index < -0.39 is 10.0 Å². The van der Waals surface area contributed by atoms with Crippen LogP contribution in [0.4, 0.5) is 0 Å². The second-order valence-electron chi connectivity index (χ2n) is 6.36. The zero-order valence-electron chi connectivity index (χ0n) is 15.1. The van der Waals surface area contributed by atoms with Crippen molar-refractivity contribution in [3.63, 3.8) is 0 Å². The maximum atomic E-state index is 12.5. The Hall–Kier alpha value is -1.45. The molecule has 1 fully saturated rings. The third kappa shape index (κ3) is 4.44. The molecular formula is C17H24N4O3S2. The summed E-state index contributed by atoms with van der Waals surface area (Å²) in [6.45, 7) is 5.28. The first kappa shape index (κ1) is 19.3. The van der Waals surface area contributed by atoms with Crippen LogP contribution in [-0.2, 0) is 16.4 Å². The van der Waals surface area contributed by atoms with Gasteiger partial charge < -0.3 is 4.52 Å². The fraction of sp³-hybridized carbons (Fsp3) is 0.588. The first-order valence-corrected chi connectivity index (χ1v) is 11.3. The Morgan fingerprint density at radius 3 is 2.73 bits per heavy atom. The summed E-state index contributed by atoms with van der Waals surface area (Å²) in [7, 11) is -3.42. The van der Waals surface area contributed by atoms with Gasteiger partial charge in [0.1, 0.15) is 4.90 Å². The minimum atomic E-state index is -3.42. The van der Waals surface area contributed by atoms with Gasteiger partial charge >= 0.3 is 0 Å². The molecule has 142 valence electrons. The van der Waals surface area contributed by atoms with Crippen LogP contribution < -0.4 is 0 Å². The highest BCUT2D eigenvalue weighted by Crippen LogP contribution is 2.33. The van der Waals surface area contributed by atoms with Gasteiger partial charge in [0, 0.05) is 25.7 Å². The Kier molecular flexibility index (Phi) is 6.31. The highest BCUT2D eigenvalue weighted by Gasteiger charge is 2.27. The first-order valence-electron chi connectivity index (χ1n) is 8.96. The van der Waals surface area contributed by atoms with Gasteiger partial charge in [0.25, 0.3) is 0 Å². The molecule has 1 unspecified atom stereocenters. The van der Waals surface area contributed by atoms with E-state index in [-0.39, 0.29) is 10.1 Å². The van der Waals surface area contributed by atoms with Crippen molar-refractivity contribution in [2.45, 2.75) is 61.1 Å². The number of thioether (sulfide) groups is 1. The predicted octanol–water partition coefficient (Wildman–Crippen LogP) is 3.45. The summed E-state index contributed by atoms with van der Waals surface area (Å²) in [4.78, 5) is 8.98. The van der Waals surface area contributed by atoms with Crippen molar-refractivity contribution in [3.8, 4) is 0 Å². The molecule has 3 rings (SSSR count). The van der Waals surface area contributed by atoms with Crippen molar-refractivity contribution in [1.29, 1.82) is 0 Å². The van der Waals surface area contributed by atoms with Gasteiger partial charge in [-0.3, -0.25) is 0 Å². The van der Waals surface area contributed by atoms with Gasteiger partial charge in [0.2, 0.25) is 15.9 Å². The summed E-state index contributed by atoms with van der Waals surface area (Å²) in [5.74, 6) is 1.30. The molecule has 9 heteroatoms. The average molecular weight is 397 g/mol. The Bertz CT molecular complexity index is 815. The number of rotatable bonds is 8. The first-order chi connectivity index (χ1) is 12.5. The van der Waals surface area contributed by atoms with E-state index in [1.54, 1.807) is 12.1 Å². The minimum absolute atomic E-state index is 0.0496. The Labute approximate surface area is 158 Å². The molecule has 0 N–H and O–H groups in total. The van der Waals surface area contributed by atoms with Gasteiger partial charge in [-0.2, -0.15) is 9.29 Å². The molecular weight excluding hydrogens is 372 g/mol. The van der Waals surface area contributed by atoms with Crippen LogP contribution in [0.25, 0.3) is 0 Å². The second kappa shape index (κ2) is 8.49. The Morgan fingerprint density at radius 2 is 2.08 bits per heavy atom. The summed E-state index contributed by atoms with van der Waals surface area (Å²) in [5, 5.41) is 4.68. The second-order valence-corrected chi connectivity index (χ2v) is 9.65. The van der Waals surface area contributed by atoms with E-state index in [0.717, 1.165) is 43.0 Å². The number of unbranched alkanes of at least 4 members (excludes halogenated alkanes) is 1. The van der Waals surface area contributed by atoms with Crippen LogP contribution in [0.2, 0.25) is 0 Å². The van der Waals surface area contributed by atoms with E-state index in [0.29, 0.717) is 19.0 Å². The van der Waals surface area contributed by atoms with E-state index in [1.165, 1.54) is 22.3 Å². The predicted molar refractivity (Wildman–Crippen MR) is 99.4 cm³/mol. The molecule has 1 atom stereocenters. The van der Waals surface area contributed by atoms with E-state index >= 15 is 0 Å². The van der Waals surface area contributed by atoms with E-state index in [1.807, 2.05) is 6.92 Å². The maximum absolute atomic E-state index is 12.5. The quantitative estimate of drug-likeness (QED) is 0.631. The lowest BCUT2D eigenvalue weighted by atomic mass is 10.2. The molecule has 0 aromatic carbocycles. The monoisotopic (exact) mass is 396 g/mol. The average Bonchev–Trinajstić information content (AvgIpc) is 3.32. The molecule has 0 amide bonds. The highest BCUT2D eigenvalue weighted by molar-refractivity contribution is 7.99. The van der Waals surface area contributed by atoms with Gasteiger partial charge in [-0.05, 0) is 38.3 Å². The van der Waals surface area contributed by atoms with Crippen molar-refractivity contribution in [2.75, 3.05) is 13.1 Å². The van der Waals surface area contributed by atoms with E-state index in [2.05, 4.69) is 22.0 Å². The minimum Gasteiger partial charge on any atom is -0.338 e. The fourth-order valence-corrected chi connectivity index (χ4v) is 5.05. The maximum Gasteiger partial charge on any atom is 0.244 e. The zero-order chi connectivity index (χ0) is 18.6. The van der Waals surface area contributed by atoms with Crippen molar-refractivity contribution in [2.24, 2.45) is 0 Å². The molecule has 0 aliphatic carbocycles. The summed E-state index contributed by atoms with van der Waals surface area (Å²) in [6.07, 6.45) is 6.22. The molecule has 0 radical (unpaired) electrons. The molecule has 0 bridgehead atoms. The molecule has 0 spiro atoms. The third-order valence-corrected chi connectivity index (χ3v) is 7.22. The number of sulfonamides is 1. The van der Waals surface area contributed by atoms with Crippen LogP contribution in [0.5, 0.6) is 0 Å². The molecule has 2 aromatic rings. The molecule has 26 heavy (non-hydrogen) atoms. The van der Waals surface area contributed by atoms with Crippen LogP contribution in [0.15, 0.2) is 32.8 Å². The van der Waals surface area contributed by atoms with Crippen LogP contribution >= 0.6 is 11.8 Å². The molecule has 7 nitrogen and oxygen atoms in total. The lowest BCUT2D eigenvalue weighted by Crippen LogP contribution is -2.27. The number of aromatic nitrogens is 3. The number of pyridine rings is 1. The van der Waals surface area contributed by atoms with Crippen LogP contribution in [0.3, 0.4) is 0 Å². The van der Waals surface area contributed by atoms with Crippen molar-refractivity contribution < 1.29 is 12.9 Å².